The van der Waals surface area contributed by atoms with Crippen LogP contribution in [0.5, 0.6) is 11.5 Å². The lowest BCUT2D eigenvalue weighted by Crippen LogP contribution is -2.10. The van der Waals surface area contributed by atoms with E-state index in [4.69, 9.17) is 13.8 Å². The Morgan fingerprint density at radius 3 is 1.95 bits per heavy atom. The highest BCUT2D eigenvalue weighted by molar-refractivity contribution is 7.62. The predicted octanol–water partition coefficient (Wildman–Crippen LogP) is 3.77. The zero-order valence-corrected chi connectivity index (χ0v) is 13.0. The summed E-state index contributed by atoms with van der Waals surface area (Å²) >= 11 is 0. The Kier molecular flexibility index (Phi) is 5.51. The summed E-state index contributed by atoms with van der Waals surface area (Å²) in [5.74, 6) is 1.33. The van der Waals surface area contributed by atoms with Crippen LogP contribution in [0.3, 0.4) is 0 Å². The number of aromatic nitrogens is 1. The van der Waals surface area contributed by atoms with Crippen LogP contribution in [-0.4, -0.2) is 18.2 Å². The van der Waals surface area contributed by atoms with Gasteiger partial charge in [0.15, 0.2) is 0 Å². The first kappa shape index (κ1) is 15.7. The molecule has 0 aliphatic carbocycles. The Morgan fingerprint density at radius 1 is 0.905 bits per heavy atom. The molecule has 1 aromatic carbocycles. The topological polar surface area (TPSA) is 57.7 Å². The quantitative estimate of drug-likeness (QED) is 0.729. The van der Waals surface area contributed by atoms with E-state index in [9.17, 15) is 4.57 Å². The third-order valence-electron chi connectivity index (χ3n) is 2.64. The number of pyridine rings is 1. The molecule has 1 heterocycles. The van der Waals surface area contributed by atoms with Gasteiger partial charge >= 0.3 is 7.60 Å². The van der Waals surface area contributed by atoms with Crippen LogP contribution < -0.4 is 10.0 Å². The van der Waals surface area contributed by atoms with E-state index in [1.807, 2.05) is 0 Å². The van der Waals surface area contributed by atoms with E-state index in [0.29, 0.717) is 30.0 Å². The smallest absolute Gasteiger partial charge is 0.361 e. The van der Waals surface area contributed by atoms with E-state index < -0.39 is 7.60 Å². The maximum atomic E-state index is 12.6. The molecular weight excluding hydrogens is 289 g/mol. The molecular formula is C15H18NO4P. The van der Waals surface area contributed by atoms with Crippen LogP contribution in [0.15, 0.2) is 48.8 Å². The van der Waals surface area contributed by atoms with E-state index in [0.717, 1.165) is 0 Å². The summed E-state index contributed by atoms with van der Waals surface area (Å²) < 4.78 is 28.8. The van der Waals surface area contributed by atoms with Gasteiger partial charge in [0.1, 0.15) is 11.5 Å². The van der Waals surface area contributed by atoms with Gasteiger partial charge in [0.25, 0.3) is 0 Å². The summed E-state index contributed by atoms with van der Waals surface area (Å²) in [6, 6.07) is 10.4. The molecule has 6 heteroatoms. The summed E-state index contributed by atoms with van der Waals surface area (Å²) in [7, 11) is -3.24. The van der Waals surface area contributed by atoms with Crippen LogP contribution in [0.1, 0.15) is 13.8 Å². The Bertz CT molecular complexity index is 591. The highest BCUT2D eigenvalue weighted by Crippen LogP contribution is 2.46. The first-order chi connectivity index (χ1) is 10.2. The normalized spacial score (nSPS) is 11.3. The van der Waals surface area contributed by atoms with E-state index in [-0.39, 0.29) is 0 Å². The molecule has 1 aromatic heterocycles. The average Bonchev–Trinajstić information content (AvgIpc) is 2.49. The van der Waals surface area contributed by atoms with Gasteiger partial charge in [0.2, 0.25) is 0 Å². The van der Waals surface area contributed by atoms with Crippen LogP contribution in [0.2, 0.25) is 0 Å². The van der Waals surface area contributed by atoms with E-state index in [1.54, 1.807) is 62.6 Å². The lowest BCUT2D eigenvalue weighted by molar-refractivity contribution is 0.230. The van der Waals surface area contributed by atoms with E-state index in [2.05, 4.69) is 4.98 Å². The summed E-state index contributed by atoms with van der Waals surface area (Å²) in [5.41, 5.74) is 0. The van der Waals surface area contributed by atoms with Crippen molar-refractivity contribution in [2.45, 2.75) is 13.8 Å². The van der Waals surface area contributed by atoms with Gasteiger partial charge in [-0.05, 0) is 50.2 Å². The van der Waals surface area contributed by atoms with Crippen LogP contribution in [-0.2, 0) is 13.6 Å². The average molecular weight is 307 g/mol. The summed E-state index contributed by atoms with van der Waals surface area (Å²) in [5, 5.41) is 0.522. The molecule has 0 unspecified atom stereocenters. The summed E-state index contributed by atoms with van der Waals surface area (Å²) in [4.78, 5) is 3.92. The zero-order valence-electron chi connectivity index (χ0n) is 12.1. The van der Waals surface area contributed by atoms with Crippen molar-refractivity contribution >= 4 is 12.9 Å². The van der Waals surface area contributed by atoms with Gasteiger partial charge in [-0.2, -0.15) is 0 Å². The lowest BCUT2D eigenvalue weighted by Gasteiger charge is -2.17. The van der Waals surface area contributed by atoms with Crippen LogP contribution in [0.4, 0.5) is 0 Å². The summed E-state index contributed by atoms with van der Waals surface area (Å²) in [6.45, 7) is 4.22. The molecule has 112 valence electrons. The molecule has 0 aliphatic rings. The highest BCUT2D eigenvalue weighted by Gasteiger charge is 2.26. The second-order valence-corrected chi connectivity index (χ2v) is 6.14. The molecule has 21 heavy (non-hydrogen) atoms. The Morgan fingerprint density at radius 2 is 1.43 bits per heavy atom. The second kappa shape index (κ2) is 7.36. The Balaban J connectivity index is 2.16. The van der Waals surface area contributed by atoms with Gasteiger partial charge < -0.3 is 13.8 Å². The first-order valence-electron chi connectivity index (χ1n) is 6.75. The van der Waals surface area contributed by atoms with Gasteiger partial charge in [-0.15, -0.1) is 0 Å². The predicted molar refractivity (Wildman–Crippen MR) is 81.2 cm³/mol. The zero-order chi connectivity index (χ0) is 15.1. The fourth-order valence-corrected chi connectivity index (χ4v) is 3.33. The third-order valence-corrected chi connectivity index (χ3v) is 4.76. The first-order valence-corrected chi connectivity index (χ1v) is 8.30. The minimum Gasteiger partial charge on any atom is -0.457 e. The van der Waals surface area contributed by atoms with Gasteiger partial charge in [-0.25, -0.2) is 0 Å². The monoisotopic (exact) mass is 307 g/mol. The number of nitrogens with zero attached hydrogens (tertiary/aromatic N) is 1. The number of rotatable bonds is 7. The van der Waals surface area contributed by atoms with Crippen molar-refractivity contribution in [2.75, 3.05) is 13.2 Å². The third kappa shape index (κ3) is 4.14. The van der Waals surface area contributed by atoms with E-state index in [1.165, 1.54) is 0 Å². The Labute approximate surface area is 124 Å². The maximum Gasteiger partial charge on any atom is 0.361 e. The fourth-order valence-electron chi connectivity index (χ4n) is 1.77. The van der Waals surface area contributed by atoms with Gasteiger partial charge in [0.05, 0.1) is 18.5 Å². The molecule has 0 bridgehead atoms. The molecule has 0 fully saturated rings. The van der Waals surface area contributed by atoms with Gasteiger partial charge in [-0.1, -0.05) is 0 Å². The van der Waals surface area contributed by atoms with Crippen molar-refractivity contribution in [1.82, 2.24) is 4.98 Å². The number of hydrogen-bond donors (Lipinski definition) is 0. The van der Waals surface area contributed by atoms with Crippen molar-refractivity contribution in [3.05, 3.63) is 48.8 Å². The molecule has 0 saturated heterocycles. The molecule has 0 aliphatic heterocycles. The molecule has 2 aromatic rings. The van der Waals surface area contributed by atoms with Crippen LogP contribution in [0, 0.1) is 0 Å². The molecule has 2 rings (SSSR count). The molecule has 0 amide bonds. The molecule has 5 nitrogen and oxygen atoms in total. The molecule has 0 radical (unpaired) electrons. The molecule has 0 spiro atoms. The molecule has 0 N–H and O–H groups in total. The minimum absolute atomic E-state index is 0.326. The lowest BCUT2D eigenvalue weighted by atomic mass is 10.3. The molecule has 0 atom stereocenters. The van der Waals surface area contributed by atoms with Crippen molar-refractivity contribution < 1.29 is 18.3 Å². The standard InChI is InChI=1S/C15H18NO4P/c1-3-18-21(17,19-4-2)15-7-5-13(6-8-15)20-14-9-11-16-12-10-14/h5-12H,3-4H2,1-2H3. The number of benzene rings is 1. The fraction of sp³-hybridized carbons (Fsp3) is 0.267. The van der Waals surface area contributed by atoms with Crippen molar-refractivity contribution in [3.63, 3.8) is 0 Å². The largest absolute Gasteiger partial charge is 0.457 e. The number of ether oxygens (including phenoxy) is 1. The number of hydrogen-bond acceptors (Lipinski definition) is 5. The van der Waals surface area contributed by atoms with Crippen LogP contribution >= 0.6 is 7.60 Å². The summed E-state index contributed by atoms with van der Waals surface area (Å²) in [6.07, 6.45) is 3.31. The minimum atomic E-state index is -3.24. The highest BCUT2D eigenvalue weighted by atomic mass is 31.2. The second-order valence-electron chi connectivity index (χ2n) is 4.11. The van der Waals surface area contributed by atoms with Crippen molar-refractivity contribution in [3.8, 4) is 11.5 Å². The van der Waals surface area contributed by atoms with Gasteiger partial charge in [0, 0.05) is 12.4 Å². The molecule has 0 saturated carbocycles. The van der Waals surface area contributed by atoms with Crippen molar-refractivity contribution in [1.29, 1.82) is 0 Å². The maximum absolute atomic E-state index is 12.6. The van der Waals surface area contributed by atoms with Gasteiger partial charge in [-0.3, -0.25) is 9.55 Å². The SMILES string of the molecule is CCOP(=O)(OCC)c1ccc(Oc2ccncc2)cc1. The van der Waals surface area contributed by atoms with Crippen molar-refractivity contribution in [2.24, 2.45) is 0 Å². The Hall–Kier alpha value is -1.68. The van der Waals surface area contributed by atoms with E-state index >= 15 is 0 Å². The van der Waals surface area contributed by atoms with Crippen LogP contribution in [0.25, 0.3) is 0 Å².